The van der Waals surface area contributed by atoms with Crippen molar-refractivity contribution >= 4 is 47.1 Å². The summed E-state index contributed by atoms with van der Waals surface area (Å²) < 4.78 is 56.6. The molecule has 0 fully saturated rings. The van der Waals surface area contributed by atoms with Gasteiger partial charge >= 0.3 is 0 Å². The van der Waals surface area contributed by atoms with Crippen molar-refractivity contribution in [1.29, 1.82) is 0 Å². The van der Waals surface area contributed by atoms with Gasteiger partial charge in [-0.15, -0.1) is 0 Å². The van der Waals surface area contributed by atoms with E-state index in [4.69, 9.17) is 4.74 Å². The van der Waals surface area contributed by atoms with E-state index in [2.05, 4.69) is 4.99 Å². The van der Waals surface area contributed by atoms with Gasteiger partial charge in [0.05, 0.1) is 37.9 Å². The fourth-order valence-corrected chi connectivity index (χ4v) is 6.01. The number of thiazole rings is 1. The number of nitrogens with zero attached hydrogens (tertiary/aromatic N) is 2. The van der Waals surface area contributed by atoms with Gasteiger partial charge in [-0.2, -0.15) is 4.99 Å². The molecule has 2 aromatic carbocycles. The van der Waals surface area contributed by atoms with E-state index >= 15 is 0 Å². The van der Waals surface area contributed by atoms with Crippen LogP contribution in [0, 0.1) is 0 Å². The predicted octanol–water partition coefficient (Wildman–Crippen LogP) is 2.68. The minimum absolute atomic E-state index is 0.00000989. The van der Waals surface area contributed by atoms with E-state index in [1.54, 1.807) is 28.8 Å². The number of fused-ring (bicyclic) bond motifs is 1. The van der Waals surface area contributed by atoms with Crippen molar-refractivity contribution in [2.45, 2.75) is 30.2 Å². The lowest BCUT2D eigenvalue weighted by Gasteiger charge is -2.07. The standard InChI is InChI=1S/C21H24N2O6S3/c1-4-29-13-12-23-17-11-10-15(31(3,25)26)14-18(17)30-21(23)22-20(24)16-8-6-7-9-19(16)32(27,28)5-2/h6-11,14H,4-5,12-13H2,1-3H3. The summed E-state index contributed by atoms with van der Waals surface area (Å²) in [6.07, 6.45) is 1.13. The predicted molar refractivity (Wildman–Crippen MR) is 123 cm³/mol. The summed E-state index contributed by atoms with van der Waals surface area (Å²) >= 11 is 1.16. The van der Waals surface area contributed by atoms with Gasteiger partial charge in [0.25, 0.3) is 5.91 Å². The van der Waals surface area contributed by atoms with Crippen LogP contribution in [-0.4, -0.2) is 52.5 Å². The number of hydrogen-bond acceptors (Lipinski definition) is 7. The van der Waals surface area contributed by atoms with E-state index in [9.17, 15) is 21.6 Å². The third-order valence-corrected chi connectivity index (χ3v) is 8.71. The van der Waals surface area contributed by atoms with E-state index in [-0.39, 0.29) is 21.1 Å². The zero-order valence-corrected chi connectivity index (χ0v) is 20.4. The molecule has 0 N–H and O–H groups in total. The van der Waals surface area contributed by atoms with Gasteiger partial charge in [0.2, 0.25) is 0 Å². The van der Waals surface area contributed by atoms with Crippen LogP contribution in [0.4, 0.5) is 0 Å². The summed E-state index contributed by atoms with van der Waals surface area (Å²) in [6.45, 7) is 4.68. The maximum atomic E-state index is 13.0. The summed E-state index contributed by atoms with van der Waals surface area (Å²) in [4.78, 5) is 17.7. The topological polar surface area (TPSA) is 112 Å². The van der Waals surface area contributed by atoms with E-state index in [1.165, 1.54) is 25.1 Å². The lowest BCUT2D eigenvalue weighted by molar-refractivity contribution is 0.0993. The molecule has 172 valence electrons. The van der Waals surface area contributed by atoms with Gasteiger partial charge in [-0.3, -0.25) is 4.79 Å². The quantitative estimate of drug-likeness (QED) is 0.443. The number of carbonyl (C=O) groups is 1. The number of benzene rings is 2. The van der Waals surface area contributed by atoms with E-state index < -0.39 is 25.6 Å². The molecule has 0 aliphatic rings. The number of sulfone groups is 2. The van der Waals surface area contributed by atoms with Gasteiger partial charge in [-0.1, -0.05) is 30.4 Å². The summed E-state index contributed by atoms with van der Waals surface area (Å²) in [6, 6.07) is 10.7. The molecular formula is C21H24N2O6S3. The Morgan fingerprint density at radius 3 is 2.47 bits per heavy atom. The van der Waals surface area contributed by atoms with Crippen LogP contribution in [0.3, 0.4) is 0 Å². The lowest BCUT2D eigenvalue weighted by Crippen LogP contribution is -2.20. The van der Waals surface area contributed by atoms with Crippen molar-refractivity contribution in [3.05, 3.63) is 52.8 Å². The monoisotopic (exact) mass is 496 g/mol. The Hall–Kier alpha value is -2.34. The molecule has 0 unspecified atom stereocenters. The minimum Gasteiger partial charge on any atom is -0.380 e. The Morgan fingerprint density at radius 2 is 1.81 bits per heavy atom. The van der Waals surface area contributed by atoms with Crippen LogP contribution in [0.15, 0.2) is 57.2 Å². The van der Waals surface area contributed by atoms with Gasteiger partial charge in [0, 0.05) is 19.4 Å². The number of aromatic nitrogens is 1. The van der Waals surface area contributed by atoms with Crippen LogP contribution < -0.4 is 4.80 Å². The van der Waals surface area contributed by atoms with Crippen LogP contribution >= 0.6 is 11.3 Å². The van der Waals surface area contributed by atoms with Gasteiger partial charge in [0.1, 0.15) is 0 Å². The van der Waals surface area contributed by atoms with E-state index in [0.29, 0.717) is 34.8 Å². The minimum atomic E-state index is -3.61. The largest absolute Gasteiger partial charge is 0.380 e. The summed E-state index contributed by atoms with van der Waals surface area (Å²) in [7, 11) is -7.01. The molecule has 0 spiro atoms. The van der Waals surface area contributed by atoms with Crippen LogP contribution in [0.25, 0.3) is 10.2 Å². The summed E-state index contributed by atoms with van der Waals surface area (Å²) in [5.74, 6) is -0.819. The third-order valence-electron chi connectivity index (χ3n) is 4.78. The molecule has 11 heteroatoms. The van der Waals surface area contributed by atoms with Crippen molar-refractivity contribution in [2.75, 3.05) is 25.2 Å². The number of amides is 1. The molecule has 1 heterocycles. The molecule has 3 aromatic rings. The highest BCUT2D eigenvalue weighted by Crippen LogP contribution is 2.23. The number of rotatable bonds is 8. The maximum Gasteiger partial charge on any atom is 0.280 e. The van der Waals surface area contributed by atoms with Gasteiger partial charge in [-0.05, 0) is 37.3 Å². The first-order valence-electron chi connectivity index (χ1n) is 9.90. The van der Waals surface area contributed by atoms with Crippen molar-refractivity contribution in [1.82, 2.24) is 4.57 Å². The van der Waals surface area contributed by atoms with Crippen molar-refractivity contribution in [3.63, 3.8) is 0 Å². The van der Waals surface area contributed by atoms with Gasteiger partial charge < -0.3 is 9.30 Å². The normalized spacial score (nSPS) is 13.0. The zero-order valence-electron chi connectivity index (χ0n) is 17.9. The Bertz CT molecular complexity index is 1430. The Morgan fingerprint density at radius 1 is 1.09 bits per heavy atom. The van der Waals surface area contributed by atoms with Gasteiger partial charge in [-0.25, -0.2) is 16.8 Å². The summed E-state index contributed by atoms with van der Waals surface area (Å²) in [5, 5.41) is 0. The smallest absolute Gasteiger partial charge is 0.280 e. The molecular weight excluding hydrogens is 472 g/mol. The molecule has 8 nitrogen and oxygen atoms in total. The number of ether oxygens (including phenoxy) is 1. The molecule has 1 aromatic heterocycles. The fourth-order valence-electron chi connectivity index (χ4n) is 3.10. The summed E-state index contributed by atoms with van der Waals surface area (Å²) in [5.41, 5.74) is 0.711. The lowest BCUT2D eigenvalue weighted by atomic mass is 10.2. The molecule has 0 radical (unpaired) electrons. The first-order valence-corrected chi connectivity index (χ1v) is 14.3. The van der Waals surface area contributed by atoms with Crippen LogP contribution in [0.1, 0.15) is 24.2 Å². The zero-order chi connectivity index (χ0) is 23.5. The highest BCUT2D eigenvalue weighted by atomic mass is 32.2. The highest BCUT2D eigenvalue weighted by Gasteiger charge is 2.21. The van der Waals surface area contributed by atoms with Crippen LogP contribution in [0.5, 0.6) is 0 Å². The SMILES string of the molecule is CCOCCn1c(=NC(=O)c2ccccc2S(=O)(=O)CC)sc2cc(S(C)(=O)=O)ccc21. The molecule has 32 heavy (non-hydrogen) atoms. The third kappa shape index (κ3) is 5.17. The van der Waals surface area contributed by atoms with Crippen LogP contribution in [-0.2, 0) is 31.0 Å². The Kier molecular flexibility index (Phi) is 7.33. The second-order valence-electron chi connectivity index (χ2n) is 6.95. The first kappa shape index (κ1) is 24.3. The van der Waals surface area contributed by atoms with Crippen molar-refractivity contribution in [3.8, 4) is 0 Å². The molecule has 0 aliphatic heterocycles. The molecule has 0 aliphatic carbocycles. The number of carbonyl (C=O) groups excluding carboxylic acids is 1. The Balaban J connectivity index is 2.19. The average Bonchev–Trinajstić information content (AvgIpc) is 3.09. The molecule has 3 rings (SSSR count). The average molecular weight is 497 g/mol. The maximum absolute atomic E-state index is 13.0. The fraction of sp³-hybridized carbons (Fsp3) is 0.333. The Labute approximate surface area is 191 Å². The van der Waals surface area contributed by atoms with Gasteiger partial charge in [0.15, 0.2) is 24.5 Å². The van der Waals surface area contributed by atoms with E-state index in [1.807, 2.05) is 6.92 Å². The molecule has 0 bridgehead atoms. The molecule has 0 saturated carbocycles. The molecule has 0 saturated heterocycles. The first-order chi connectivity index (χ1) is 15.1. The molecule has 1 amide bonds. The second-order valence-corrected chi connectivity index (χ2v) is 12.2. The highest BCUT2D eigenvalue weighted by molar-refractivity contribution is 7.91. The number of hydrogen-bond donors (Lipinski definition) is 0. The van der Waals surface area contributed by atoms with Crippen molar-refractivity contribution in [2.24, 2.45) is 4.99 Å². The van der Waals surface area contributed by atoms with E-state index in [0.717, 1.165) is 17.6 Å². The second kappa shape index (κ2) is 9.65. The van der Waals surface area contributed by atoms with Crippen molar-refractivity contribution < 1.29 is 26.4 Å². The molecule has 0 atom stereocenters. The van der Waals surface area contributed by atoms with Crippen LogP contribution in [0.2, 0.25) is 0 Å².